The van der Waals surface area contributed by atoms with E-state index in [4.69, 9.17) is 4.74 Å². The minimum atomic E-state index is -0.642. The van der Waals surface area contributed by atoms with Gasteiger partial charge in [0.2, 0.25) is 11.8 Å². The van der Waals surface area contributed by atoms with Gasteiger partial charge in [0.15, 0.2) is 0 Å². The summed E-state index contributed by atoms with van der Waals surface area (Å²) in [6.07, 6.45) is 2.53. The van der Waals surface area contributed by atoms with Crippen molar-refractivity contribution in [3.8, 4) is 22.3 Å². The zero-order chi connectivity index (χ0) is 54.6. The number of amides is 2. The molecule has 19 heteroatoms. The van der Waals surface area contributed by atoms with Crippen molar-refractivity contribution in [2.75, 3.05) is 68.7 Å². The van der Waals surface area contributed by atoms with Gasteiger partial charge in [-0.2, -0.15) is 9.97 Å². The second-order valence-corrected chi connectivity index (χ2v) is 22.6. The number of carbonyl (C=O) groups is 2. The van der Waals surface area contributed by atoms with E-state index in [2.05, 4.69) is 43.9 Å². The number of hydrogen-bond donors (Lipinski definition) is 0. The summed E-state index contributed by atoms with van der Waals surface area (Å²) < 4.78 is 51.8. The van der Waals surface area contributed by atoms with Crippen molar-refractivity contribution in [2.45, 2.75) is 101 Å². The standard InChI is InChI=1S/C29H33F2N5O2S.C28H31FN4O3S/c1-7-24(37)36-17(3)12-34(13-18(36)4)28-22-10-16(2)25(21-9-8-19(30)11-23(21)31)27-26(22)35(29(38)32-28)14-20(15-39-27)33(5)6;1-6-23(34)33-17(3)12-31(13-18(33)4)27-22-11-16(2)24(19-7-9-20(29)10-8-19)26-25(22)32(28(35)30-27)14-21(36-5)15-37-26/h7-11,17-18,20H,1,12-15H2,2-6H3;6-11,17-18,21H,1,12-15H2,2-5H3/t17-,18+,20-;17-,18+,21-/m10/s1. The van der Waals surface area contributed by atoms with E-state index in [1.165, 1.54) is 36.4 Å². The summed E-state index contributed by atoms with van der Waals surface area (Å²) in [4.78, 5) is 73.0. The highest BCUT2D eigenvalue weighted by molar-refractivity contribution is 8.00. The van der Waals surface area contributed by atoms with Gasteiger partial charge in [0.1, 0.15) is 29.1 Å². The van der Waals surface area contributed by atoms with Gasteiger partial charge in [-0.15, -0.1) is 23.5 Å². The number of carbonyl (C=O) groups excluding carboxylic acids is 2. The number of rotatable bonds is 8. The van der Waals surface area contributed by atoms with E-state index < -0.39 is 11.6 Å². The van der Waals surface area contributed by atoms with E-state index >= 15 is 4.39 Å². The molecule has 4 aromatic carbocycles. The van der Waals surface area contributed by atoms with E-state index in [0.29, 0.717) is 79.1 Å². The number of ether oxygens (including phenoxy) is 1. The van der Waals surface area contributed by atoms with Gasteiger partial charge in [0.25, 0.3) is 0 Å². The van der Waals surface area contributed by atoms with Crippen molar-refractivity contribution < 1.29 is 27.5 Å². The molecule has 0 saturated carbocycles. The second-order valence-electron chi connectivity index (χ2n) is 20.6. The summed E-state index contributed by atoms with van der Waals surface area (Å²) in [6.45, 7) is 22.2. The molecule has 2 saturated heterocycles. The first kappa shape index (κ1) is 54.4. The number of aromatic nitrogens is 4. The van der Waals surface area contributed by atoms with Crippen LogP contribution in [0.5, 0.6) is 0 Å². The summed E-state index contributed by atoms with van der Waals surface area (Å²) in [5, 5.41) is 1.70. The molecule has 4 aliphatic rings. The van der Waals surface area contributed by atoms with Gasteiger partial charge in [-0.3, -0.25) is 18.7 Å². The lowest BCUT2D eigenvalue weighted by Crippen LogP contribution is -2.58. The maximum absolute atomic E-state index is 15.1. The number of hydrogen-bond acceptors (Lipinski definition) is 12. The number of thioether (sulfide) groups is 2. The molecule has 0 aliphatic carbocycles. The number of benzene rings is 4. The Bertz CT molecular complexity index is 3400. The molecule has 6 heterocycles. The van der Waals surface area contributed by atoms with Crippen LogP contribution in [0.3, 0.4) is 0 Å². The van der Waals surface area contributed by atoms with Gasteiger partial charge in [-0.25, -0.2) is 22.8 Å². The van der Waals surface area contributed by atoms with Crippen LogP contribution >= 0.6 is 23.5 Å². The number of piperazine rings is 2. The number of halogens is 3. The third-order valence-corrected chi connectivity index (χ3v) is 17.6. The van der Waals surface area contributed by atoms with Crippen LogP contribution in [0.4, 0.5) is 24.8 Å². The minimum absolute atomic E-state index is 0.0516. The van der Waals surface area contributed by atoms with Gasteiger partial charge in [0, 0.05) is 125 Å². The zero-order valence-corrected chi connectivity index (χ0v) is 46.0. The lowest BCUT2D eigenvalue weighted by atomic mass is 9.97. The van der Waals surface area contributed by atoms with E-state index in [-0.39, 0.29) is 65.3 Å². The number of methoxy groups -OCH3 is 1. The summed E-state index contributed by atoms with van der Waals surface area (Å²) in [7, 11) is 5.61. The molecule has 4 aliphatic heterocycles. The summed E-state index contributed by atoms with van der Waals surface area (Å²) >= 11 is 3.25. The first-order valence-electron chi connectivity index (χ1n) is 25.5. The predicted molar refractivity (Wildman–Crippen MR) is 298 cm³/mol. The van der Waals surface area contributed by atoms with Gasteiger partial charge in [0.05, 0.1) is 23.7 Å². The van der Waals surface area contributed by atoms with Crippen molar-refractivity contribution in [3.63, 3.8) is 0 Å². The van der Waals surface area contributed by atoms with E-state index in [9.17, 15) is 28.0 Å². The van der Waals surface area contributed by atoms with Crippen LogP contribution in [0.25, 0.3) is 44.1 Å². The Kier molecular flexibility index (Phi) is 15.7. The molecule has 2 amide bonds. The highest BCUT2D eigenvalue weighted by Gasteiger charge is 2.37. The molecule has 0 radical (unpaired) electrons. The molecular weight excluding hydrogens is 1010 g/mol. The fourth-order valence-electron chi connectivity index (χ4n) is 11.6. The minimum Gasteiger partial charge on any atom is -0.379 e. The third-order valence-electron chi connectivity index (χ3n) is 15.1. The molecule has 400 valence electrons. The Morgan fingerprint density at radius 2 is 1.12 bits per heavy atom. The molecule has 6 aromatic rings. The summed E-state index contributed by atoms with van der Waals surface area (Å²) in [6, 6.07) is 13.8. The average molecular weight is 1080 g/mol. The number of likely N-dealkylation sites (N-methyl/N-ethyl adjacent to an activating group) is 1. The largest absolute Gasteiger partial charge is 0.379 e. The number of aryl methyl sites for hydroxylation is 2. The molecule has 0 bridgehead atoms. The van der Waals surface area contributed by atoms with Crippen LogP contribution in [0, 0.1) is 31.3 Å². The lowest BCUT2D eigenvalue weighted by Gasteiger charge is -2.44. The molecular formula is C57H64F3N9O5S2. The lowest BCUT2D eigenvalue weighted by molar-refractivity contribution is -0.131. The number of anilines is 2. The molecule has 76 heavy (non-hydrogen) atoms. The molecule has 6 atom stereocenters. The Morgan fingerprint density at radius 3 is 1.59 bits per heavy atom. The van der Waals surface area contributed by atoms with Crippen molar-refractivity contribution in [1.29, 1.82) is 0 Å². The molecule has 14 nitrogen and oxygen atoms in total. The summed E-state index contributed by atoms with van der Waals surface area (Å²) in [5.41, 5.74) is 5.54. The van der Waals surface area contributed by atoms with Crippen LogP contribution in [0.2, 0.25) is 0 Å². The highest BCUT2D eigenvalue weighted by atomic mass is 32.2. The predicted octanol–water partition coefficient (Wildman–Crippen LogP) is 8.54. The Morgan fingerprint density at radius 1 is 0.658 bits per heavy atom. The molecule has 10 rings (SSSR count). The second kappa shape index (κ2) is 21.9. The Labute approximate surface area is 449 Å². The number of nitrogens with zero attached hydrogens (tertiary/aromatic N) is 9. The molecule has 0 N–H and O–H groups in total. The fourth-order valence-corrected chi connectivity index (χ4v) is 14.5. The highest BCUT2D eigenvalue weighted by Crippen LogP contribution is 2.46. The van der Waals surface area contributed by atoms with Crippen molar-refractivity contribution >= 4 is 68.8 Å². The maximum atomic E-state index is 15.1. The van der Waals surface area contributed by atoms with Crippen LogP contribution in [-0.2, 0) is 27.4 Å². The Balaban J connectivity index is 0.000000186. The quantitative estimate of drug-likeness (QED) is 0.136. The maximum Gasteiger partial charge on any atom is 0.350 e. The first-order chi connectivity index (χ1) is 36.2. The molecule has 0 spiro atoms. The zero-order valence-electron chi connectivity index (χ0n) is 44.4. The van der Waals surface area contributed by atoms with Crippen molar-refractivity contribution in [1.82, 2.24) is 33.8 Å². The van der Waals surface area contributed by atoms with E-state index in [0.717, 1.165) is 54.4 Å². The van der Waals surface area contributed by atoms with Gasteiger partial charge in [-0.05, 0) is 121 Å². The van der Waals surface area contributed by atoms with Crippen LogP contribution in [-0.4, -0.2) is 141 Å². The Hall–Kier alpha value is -6.41. The monoisotopic (exact) mass is 1080 g/mol. The van der Waals surface area contributed by atoms with Crippen LogP contribution < -0.4 is 21.2 Å². The van der Waals surface area contributed by atoms with Gasteiger partial charge < -0.3 is 29.2 Å². The summed E-state index contributed by atoms with van der Waals surface area (Å²) in [5.74, 6) is 0.776. The van der Waals surface area contributed by atoms with Gasteiger partial charge in [-0.1, -0.05) is 25.3 Å². The fraction of sp³-hybridized carbons (Fsp3) is 0.404. The van der Waals surface area contributed by atoms with Crippen molar-refractivity contribution in [3.05, 3.63) is 129 Å². The third kappa shape index (κ3) is 10.1. The topological polar surface area (TPSA) is 129 Å². The van der Waals surface area contributed by atoms with Crippen LogP contribution in [0.15, 0.2) is 99.3 Å². The van der Waals surface area contributed by atoms with E-state index in [1.54, 1.807) is 51.9 Å². The SMILES string of the molecule is C=CC(=O)N1[C@H](C)CN(c2nc(=O)n3c4c(c(-c5ccc(F)cc5)c(C)cc24)SC[C@@H](OC)C3)C[C@@H]1C.C=CC(=O)N1[C@H](C)CN(c2nc(=O)n3c4c(c(-c5ccc(F)cc5F)c(C)cc24)SC[C@H](N(C)C)C3)C[C@@H]1C. The first-order valence-corrected chi connectivity index (χ1v) is 27.4. The molecule has 0 unspecified atom stereocenters. The molecule has 2 aromatic heterocycles. The smallest absolute Gasteiger partial charge is 0.350 e. The molecule has 2 fully saturated rings. The average Bonchev–Trinajstić information content (AvgIpc) is 3.77. The van der Waals surface area contributed by atoms with Crippen molar-refractivity contribution in [2.24, 2.45) is 0 Å². The van der Waals surface area contributed by atoms with E-state index in [1.807, 2.05) is 71.5 Å². The van der Waals surface area contributed by atoms with Crippen LogP contribution in [0.1, 0.15) is 38.8 Å². The normalized spacial score (nSPS) is 21.5. The van der Waals surface area contributed by atoms with Gasteiger partial charge >= 0.3 is 11.4 Å².